The van der Waals surface area contributed by atoms with Gasteiger partial charge in [-0.1, -0.05) is 0 Å². The molecule has 0 saturated carbocycles. The van der Waals surface area contributed by atoms with E-state index in [0.29, 0.717) is 29.8 Å². The van der Waals surface area contributed by atoms with Gasteiger partial charge in [-0.25, -0.2) is 14.0 Å². The van der Waals surface area contributed by atoms with Gasteiger partial charge in [0.2, 0.25) is 0 Å². The number of hydrogen-bond donors (Lipinski definition) is 1. The van der Waals surface area contributed by atoms with Crippen LogP contribution in [0.1, 0.15) is 33.6 Å². The summed E-state index contributed by atoms with van der Waals surface area (Å²) < 4.78 is 19.1. The van der Waals surface area contributed by atoms with E-state index in [1.165, 1.54) is 18.2 Å². The largest absolute Gasteiger partial charge is 0.444 e. The summed E-state index contributed by atoms with van der Waals surface area (Å²) in [6, 6.07) is 3.90. The standard InChI is InChI=1S/C19H27BrFN3O3/c1-19(2,3)27-18(26)23(4)11-13-6-5-9-24(12-13)17(25)22-16-8-7-14(21)10-15(16)20/h7-8,10,13H,5-6,9,11-12H2,1-4H3,(H,22,25). The van der Waals surface area contributed by atoms with Crippen LogP contribution >= 0.6 is 15.9 Å². The molecule has 150 valence electrons. The van der Waals surface area contributed by atoms with Crippen LogP contribution in [0.5, 0.6) is 0 Å². The van der Waals surface area contributed by atoms with Crippen LogP contribution in [0.4, 0.5) is 19.7 Å². The Hall–Kier alpha value is -1.83. The van der Waals surface area contributed by atoms with Gasteiger partial charge in [0.15, 0.2) is 0 Å². The van der Waals surface area contributed by atoms with Crippen molar-refractivity contribution in [2.45, 2.75) is 39.2 Å². The summed E-state index contributed by atoms with van der Waals surface area (Å²) in [5.41, 5.74) is -0.0128. The Morgan fingerprint density at radius 2 is 2.11 bits per heavy atom. The molecule has 27 heavy (non-hydrogen) atoms. The molecule has 0 spiro atoms. The molecule has 8 heteroatoms. The average Bonchev–Trinajstić information content (AvgIpc) is 2.56. The first-order valence-electron chi connectivity index (χ1n) is 9.00. The lowest BCUT2D eigenvalue weighted by Gasteiger charge is -2.35. The van der Waals surface area contributed by atoms with Crippen LogP contribution in [0.15, 0.2) is 22.7 Å². The number of likely N-dealkylation sites (tertiary alicyclic amines) is 1. The zero-order valence-corrected chi connectivity index (χ0v) is 17.8. The number of benzene rings is 1. The number of rotatable bonds is 3. The molecular weight excluding hydrogens is 417 g/mol. The molecule has 1 atom stereocenters. The van der Waals surface area contributed by atoms with Gasteiger partial charge < -0.3 is 19.9 Å². The summed E-state index contributed by atoms with van der Waals surface area (Å²) in [5.74, 6) is -0.193. The third kappa shape index (κ3) is 6.68. The third-order valence-corrected chi connectivity index (χ3v) is 4.87. The highest BCUT2D eigenvalue weighted by molar-refractivity contribution is 9.10. The fourth-order valence-electron chi connectivity index (χ4n) is 2.99. The van der Waals surface area contributed by atoms with Crippen molar-refractivity contribution in [3.8, 4) is 0 Å². The number of nitrogens with zero attached hydrogens (tertiary/aromatic N) is 2. The van der Waals surface area contributed by atoms with Gasteiger partial charge in [-0.3, -0.25) is 0 Å². The van der Waals surface area contributed by atoms with Crippen LogP contribution in [-0.2, 0) is 4.74 Å². The Labute approximate surface area is 168 Å². The lowest BCUT2D eigenvalue weighted by molar-refractivity contribution is 0.0253. The minimum atomic E-state index is -0.535. The number of hydrogen-bond acceptors (Lipinski definition) is 3. The third-order valence-electron chi connectivity index (χ3n) is 4.22. The molecule has 1 heterocycles. The number of carbonyl (C=O) groups excluding carboxylic acids is 2. The van der Waals surface area contributed by atoms with Crippen molar-refractivity contribution in [1.82, 2.24) is 9.80 Å². The van der Waals surface area contributed by atoms with E-state index in [1.807, 2.05) is 20.8 Å². The number of piperidine rings is 1. The van der Waals surface area contributed by atoms with E-state index in [4.69, 9.17) is 4.74 Å². The fourth-order valence-corrected chi connectivity index (χ4v) is 3.44. The molecule has 1 aliphatic rings. The van der Waals surface area contributed by atoms with Crippen molar-refractivity contribution in [3.05, 3.63) is 28.5 Å². The first kappa shape index (κ1) is 21.5. The van der Waals surface area contributed by atoms with Crippen LogP contribution in [0, 0.1) is 11.7 Å². The Balaban J connectivity index is 1.91. The highest BCUT2D eigenvalue weighted by Crippen LogP contribution is 2.25. The average molecular weight is 444 g/mol. The summed E-state index contributed by atoms with van der Waals surface area (Å²) in [6.45, 7) is 7.23. The molecule has 1 aliphatic heterocycles. The lowest BCUT2D eigenvalue weighted by atomic mass is 9.98. The van der Waals surface area contributed by atoms with Gasteiger partial charge in [-0.15, -0.1) is 0 Å². The molecule has 3 amide bonds. The quantitative estimate of drug-likeness (QED) is 0.736. The number of halogens is 2. The second-order valence-corrected chi connectivity index (χ2v) is 8.72. The summed E-state index contributed by atoms with van der Waals surface area (Å²) in [6.07, 6.45) is 1.45. The fraction of sp³-hybridized carbons (Fsp3) is 0.579. The van der Waals surface area contributed by atoms with Crippen molar-refractivity contribution < 1.29 is 18.7 Å². The summed E-state index contributed by atoms with van der Waals surface area (Å²) >= 11 is 3.25. The zero-order chi connectivity index (χ0) is 20.2. The van der Waals surface area contributed by atoms with Crippen LogP contribution < -0.4 is 5.32 Å². The second-order valence-electron chi connectivity index (χ2n) is 7.87. The SMILES string of the molecule is CN(CC1CCCN(C(=O)Nc2ccc(F)cc2Br)C1)C(=O)OC(C)(C)C. The molecule has 1 N–H and O–H groups in total. The molecule has 0 radical (unpaired) electrons. The maximum absolute atomic E-state index is 13.2. The van der Waals surface area contributed by atoms with Crippen LogP contribution in [0.25, 0.3) is 0 Å². The van der Waals surface area contributed by atoms with Crippen LogP contribution in [-0.4, -0.2) is 54.2 Å². The van der Waals surface area contributed by atoms with Crippen molar-refractivity contribution >= 4 is 33.7 Å². The second kappa shape index (κ2) is 8.91. The van der Waals surface area contributed by atoms with Crippen LogP contribution in [0.2, 0.25) is 0 Å². The Bertz CT molecular complexity index is 693. The Morgan fingerprint density at radius 1 is 1.41 bits per heavy atom. The van der Waals surface area contributed by atoms with Gasteiger partial charge >= 0.3 is 12.1 Å². The van der Waals surface area contributed by atoms with Gasteiger partial charge in [0.25, 0.3) is 0 Å². The first-order valence-corrected chi connectivity index (χ1v) is 9.79. The zero-order valence-electron chi connectivity index (χ0n) is 16.2. The van der Waals surface area contributed by atoms with E-state index >= 15 is 0 Å². The van der Waals surface area contributed by atoms with E-state index in [2.05, 4.69) is 21.2 Å². The van der Waals surface area contributed by atoms with E-state index in [9.17, 15) is 14.0 Å². The summed E-state index contributed by atoms with van der Waals surface area (Å²) in [5, 5.41) is 2.80. The molecular formula is C19H27BrFN3O3. The summed E-state index contributed by atoms with van der Waals surface area (Å²) in [7, 11) is 1.71. The maximum Gasteiger partial charge on any atom is 0.410 e. The topological polar surface area (TPSA) is 61.9 Å². The molecule has 1 aromatic carbocycles. The van der Waals surface area contributed by atoms with Crippen molar-refractivity contribution in [1.29, 1.82) is 0 Å². The highest BCUT2D eigenvalue weighted by atomic mass is 79.9. The molecule has 1 fully saturated rings. The smallest absolute Gasteiger partial charge is 0.410 e. The number of nitrogens with one attached hydrogen (secondary N) is 1. The van der Waals surface area contributed by atoms with E-state index < -0.39 is 5.60 Å². The van der Waals surface area contributed by atoms with Crippen molar-refractivity contribution in [3.63, 3.8) is 0 Å². The van der Waals surface area contributed by atoms with E-state index in [1.54, 1.807) is 16.8 Å². The van der Waals surface area contributed by atoms with Crippen molar-refractivity contribution in [2.75, 3.05) is 32.0 Å². The number of carbonyl (C=O) groups is 2. The maximum atomic E-state index is 13.2. The van der Waals surface area contributed by atoms with Crippen LogP contribution in [0.3, 0.4) is 0 Å². The lowest BCUT2D eigenvalue weighted by Crippen LogP contribution is -2.46. The molecule has 2 rings (SSSR count). The molecule has 0 aromatic heterocycles. The van der Waals surface area contributed by atoms with Gasteiger partial charge in [-0.05, 0) is 73.7 Å². The van der Waals surface area contributed by atoms with Gasteiger partial charge in [0.1, 0.15) is 11.4 Å². The van der Waals surface area contributed by atoms with Gasteiger partial charge in [0.05, 0.1) is 5.69 Å². The van der Waals surface area contributed by atoms with Gasteiger partial charge in [-0.2, -0.15) is 0 Å². The molecule has 0 bridgehead atoms. The molecule has 1 aromatic rings. The monoisotopic (exact) mass is 443 g/mol. The molecule has 1 unspecified atom stereocenters. The normalized spacial score (nSPS) is 17.4. The van der Waals surface area contributed by atoms with Gasteiger partial charge in [0, 0.05) is 31.2 Å². The number of urea groups is 1. The summed E-state index contributed by atoms with van der Waals surface area (Å²) in [4.78, 5) is 28.0. The minimum absolute atomic E-state index is 0.179. The molecule has 6 nitrogen and oxygen atoms in total. The Kier molecular flexibility index (Phi) is 7.08. The number of ether oxygens (including phenoxy) is 1. The number of anilines is 1. The predicted molar refractivity (Wildman–Crippen MR) is 106 cm³/mol. The van der Waals surface area contributed by atoms with Crippen molar-refractivity contribution in [2.24, 2.45) is 5.92 Å². The molecule has 1 saturated heterocycles. The first-order chi connectivity index (χ1) is 12.5. The van der Waals surface area contributed by atoms with E-state index in [-0.39, 0.29) is 23.9 Å². The highest BCUT2D eigenvalue weighted by Gasteiger charge is 2.27. The molecule has 0 aliphatic carbocycles. The minimum Gasteiger partial charge on any atom is -0.444 e. The van der Waals surface area contributed by atoms with E-state index in [0.717, 1.165) is 12.8 Å². The Morgan fingerprint density at radius 3 is 2.74 bits per heavy atom. The predicted octanol–water partition coefficient (Wildman–Crippen LogP) is 4.70. The number of amides is 3.